The van der Waals surface area contributed by atoms with E-state index in [1.54, 1.807) is 30.5 Å². The molecule has 2 aromatic rings. The first-order valence-electron chi connectivity index (χ1n) is 6.24. The first-order chi connectivity index (χ1) is 11.0. The predicted octanol–water partition coefficient (Wildman–Crippen LogP) is 4.61. The first kappa shape index (κ1) is 17.3. The molecule has 0 spiro atoms. The lowest BCUT2D eigenvalue weighted by molar-refractivity contribution is -0.112. The number of carbonyl (C=O) groups is 1. The Bertz CT molecular complexity index is 800. The van der Waals surface area contributed by atoms with Gasteiger partial charge in [-0.05, 0) is 46.3 Å². The second kappa shape index (κ2) is 7.97. The fourth-order valence-corrected chi connectivity index (χ4v) is 2.11. The van der Waals surface area contributed by atoms with Crippen molar-refractivity contribution < 1.29 is 4.79 Å². The molecule has 0 saturated heterocycles. The largest absolute Gasteiger partial charge is 0.345 e. The number of hydrogen-bond acceptors (Lipinski definition) is 4. The Balaban J connectivity index is 2.12. The zero-order chi connectivity index (χ0) is 16.8. The molecule has 0 radical (unpaired) electrons. The van der Waals surface area contributed by atoms with E-state index in [2.05, 4.69) is 31.5 Å². The maximum atomic E-state index is 12.1. The third-order valence-corrected chi connectivity index (χ3v) is 3.67. The lowest BCUT2D eigenvalue weighted by Crippen LogP contribution is -2.15. The maximum absolute atomic E-state index is 12.1. The fourth-order valence-electron chi connectivity index (χ4n) is 1.54. The van der Waals surface area contributed by atoms with Crippen LogP contribution in [-0.4, -0.2) is 10.9 Å². The highest BCUT2D eigenvalue weighted by atomic mass is 79.9. The SMILES string of the molecule is N#C/C(=C/Nc1ccc(Br)cn1)C(=O)Nc1cc(Cl)ccc1Cl. The molecule has 0 aliphatic carbocycles. The minimum absolute atomic E-state index is 0.134. The Hall–Kier alpha value is -2.07. The van der Waals surface area contributed by atoms with Crippen molar-refractivity contribution in [2.45, 2.75) is 0 Å². The van der Waals surface area contributed by atoms with Gasteiger partial charge in [-0.2, -0.15) is 5.26 Å². The first-order valence-corrected chi connectivity index (χ1v) is 7.79. The molecule has 1 aromatic heterocycles. The summed E-state index contributed by atoms with van der Waals surface area (Å²) >= 11 is 15.1. The number of benzene rings is 1. The molecule has 0 atom stereocenters. The second-order valence-electron chi connectivity index (χ2n) is 4.25. The van der Waals surface area contributed by atoms with Gasteiger partial charge in [0.2, 0.25) is 0 Å². The van der Waals surface area contributed by atoms with Crippen molar-refractivity contribution in [3.63, 3.8) is 0 Å². The number of pyridine rings is 1. The lowest BCUT2D eigenvalue weighted by Gasteiger charge is -2.07. The molecular weight excluding hydrogens is 403 g/mol. The molecule has 1 amide bonds. The topological polar surface area (TPSA) is 77.8 Å². The molecule has 1 aromatic carbocycles. The van der Waals surface area contributed by atoms with Crippen LogP contribution in [0, 0.1) is 11.3 Å². The van der Waals surface area contributed by atoms with E-state index in [0.717, 1.165) is 4.47 Å². The summed E-state index contributed by atoms with van der Waals surface area (Å²) in [5.74, 6) is -0.115. The summed E-state index contributed by atoms with van der Waals surface area (Å²) in [6.07, 6.45) is 2.86. The molecule has 0 fully saturated rings. The highest BCUT2D eigenvalue weighted by Gasteiger charge is 2.11. The van der Waals surface area contributed by atoms with E-state index in [1.165, 1.54) is 12.3 Å². The van der Waals surface area contributed by atoms with Crippen molar-refractivity contribution in [3.05, 3.63) is 62.8 Å². The molecule has 2 N–H and O–H groups in total. The molecule has 1 heterocycles. The predicted molar refractivity (Wildman–Crippen MR) is 94.3 cm³/mol. The molecule has 2 rings (SSSR count). The number of amides is 1. The van der Waals surface area contributed by atoms with E-state index in [0.29, 0.717) is 21.6 Å². The van der Waals surface area contributed by atoms with Crippen LogP contribution in [0.2, 0.25) is 10.0 Å². The van der Waals surface area contributed by atoms with E-state index >= 15 is 0 Å². The molecule has 0 saturated carbocycles. The Morgan fingerprint density at radius 1 is 1.30 bits per heavy atom. The second-order valence-corrected chi connectivity index (χ2v) is 6.01. The Morgan fingerprint density at radius 2 is 2.09 bits per heavy atom. The standard InChI is InChI=1S/C15H9BrCl2N4O/c16-10-1-4-14(21-8-10)20-7-9(6-19)15(23)22-13-5-11(17)2-3-12(13)18/h1-5,7-8H,(H,20,21)(H,22,23)/b9-7-. The number of aromatic nitrogens is 1. The van der Waals surface area contributed by atoms with Gasteiger partial charge in [-0.3, -0.25) is 4.79 Å². The number of hydrogen-bond donors (Lipinski definition) is 2. The average molecular weight is 412 g/mol. The molecule has 23 heavy (non-hydrogen) atoms. The van der Waals surface area contributed by atoms with Crippen LogP contribution in [-0.2, 0) is 4.79 Å². The molecule has 116 valence electrons. The van der Waals surface area contributed by atoms with Gasteiger partial charge in [-0.1, -0.05) is 23.2 Å². The molecule has 0 aliphatic rings. The summed E-state index contributed by atoms with van der Waals surface area (Å²) in [6, 6.07) is 9.94. The summed E-state index contributed by atoms with van der Waals surface area (Å²) < 4.78 is 0.820. The van der Waals surface area contributed by atoms with Crippen molar-refractivity contribution >= 4 is 56.5 Å². The smallest absolute Gasteiger partial charge is 0.267 e. The molecule has 8 heteroatoms. The van der Waals surface area contributed by atoms with Crippen LogP contribution >= 0.6 is 39.1 Å². The van der Waals surface area contributed by atoms with Crippen molar-refractivity contribution in [3.8, 4) is 6.07 Å². The van der Waals surface area contributed by atoms with Crippen LogP contribution in [0.5, 0.6) is 0 Å². The summed E-state index contributed by atoms with van der Waals surface area (Å²) in [5, 5.41) is 15.2. The van der Waals surface area contributed by atoms with E-state index in [1.807, 2.05) is 6.07 Å². The minimum atomic E-state index is -0.610. The fraction of sp³-hybridized carbons (Fsp3) is 0. The quantitative estimate of drug-likeness (QED) is 0.568. The monoisotopic (exact) mass is 410 g/mol. The van der Waals surface area contributed by atoms with Gasteiger partial charge in [0.1, 0.15) is 17.5 Å². The number of nitrogens with zero attached hydrogens (tertiary/aromatic N) is 2. The van der Waals surface area contributed by atoms with Crippen molar-refractivity contribution in [1.82, 2.24) is 4.98 Å². The van der Waals surface area contributed by atoms with Crippen LogP contribution in [0.4, 0.5) is 11.5 Å². The zero-order valence-corrected chi connectivity index (χ0v) is 14.6. The van der Waals surface area contributed by atoms with E-state index in [4.69, 9.17) is 28.5 Å². The Labute approximate surface area is 151 Å². The molecule has 5 nitrogen and oxygen atoms in total. The normalized spacial score (nSPS) is 10.8. The minimum Gasteiger partial charge on any atom is -0.345 e. The van der Waals surface area contributed by atoms with Gasteiger partial charge >= 0.3 is 0 Å². The molecule has 0 unspecified atom stereocenters. The molecule has 0 bridgehead atoms. The lowest BCUT2D eigenvalue weighted by atomic mass is 10.2. The number of anilines is 2. The Morgan fingerprint density at radius 3 is 2.74 bits per heavy atom. The van der Waals surface area contributed by atoms with Gasteiger partial charge in [0.15, 0.2) is 0 Å². The average Bonchev–Trinajstić information content (AvgIpc) is 2.53. The summed E-state index contributed by atoms with van der Waals surface area (Å²) in [7, 11) is 0. The summed E-state index contributed by atoms with van der Waals surface area (Å²) in [4.78, 5) is 16.2. The van der Waals surface area contributed by atoms with Gasteiger partial charge in [0.05, 0.1) is 10.7 Å². The van der Waals surface area contributed by atoms with Gasteiger partial charge in [-0.15, -0.1) is 0 Å². The van der Waals surface area contributed by atoms with Crippen LogP contribution in [0.1, 0.15) is 0 Å². The van der Waals surface area contributed by atoms with E-state index in [-0.39, 0.29) is 5.57 Å². The highest BCUT2D eigenvalue weighted by molar-refractivity contribution is 9.10. The summed E-state index contributed by atoms with van der Waals surface area (Å²) in [5.41, 5.74) is 0.192. The van der Waals surface area contributed by atoms with E-state index < -0.39 is 5.91 Å². The number of nitriles is 1. The maximum Gasteiger partial charge on any atom is 0.267 e. The number of rotatable bonds is 4. The van der Waals surface area contributed by atoms with Gasteiger partial charge in [-0.25, -0.2) is 4.98 Å². The van der Waals surface area contributed by atoms with Gasteiger partial charge in [0.25, 0.3) is 5.91 Å². The van der Waals surface area contributed by atoms with Gasteiger partial charge < -0.3 is 10.6 Å². The van der Waals surface area contributed by atoms with Crippen LogP contribution in [0.25, 0.3) is 0 Å². The number of nitrogens with one attached hydrogen (secondary N) is 2. The van der Waals surface area contributed by atoms with Crippen molar-refractivity contribution in [2.75, 3.05) is 10.6 Å². The zero-order valence-electron chi connectivity index (χ0n) is 11.5. The Kier molecular flexibility index (Phi) is 5.99. The molecular formula is C15H9BrCl2N4O. The van der Waals surface area contributed by atoms with Crippen LogP contribution < -0.4 is 10.6 Å². The van der Waals surface area contributed by atoms with E-state index in [9.17, 15) is 4.79 Å². The number of carbonyl (C=O) groups excluding carboxylic acids is 1. The van der Waals surface area contributed by atoms with Crippen LogP contribution in [0.15, 0.2) is 52.8 Å². The molecule has 0 aliphatic heterocycles. The van der Waals surface area contributed by atoms with Crippen molar-refractivity contribution in [1.29, 1.82) is 5.26 Å². The van der Waals surface area contributed by atoms with Gasteiger partial charge in [0, 0.05) is 21.9 Å². The third-order valence-electron chi connectivity index (χ3n) is 2.63. The summed E-state index contributed by atoms with van der Waals surface area (Å²) in [6.45, 7) is 0. The van der Waals surface area contributed by atoms with Crippen molar-refractivity contribution in [2.24, 2.45) is 0 Å². The third kappa shape index (κ3) is 4.96. The van der Waals surface area contributed by atoms with Crippen LogP contribution in [0.3, 0.4) is 0 Å². The number of halogens is 3. The highest BCUT2D eigenvalue weighted by Crippen LogP contribution is 2.25.